The van der Waals surface area contributed by atoms with Gasteiger partial charge in [-0.3, -0.25) is 4.99 Å². The van der Waals surface area contributed by atoms with Crippen molar-refractivity contribution in [1.29, 1.82) is 0 Å². The summed E-state index contributed by atoms with van der Waals surface area (Å²) in [6.07, 6.45) is -0.385. The molecule has 0 fully saturated rings. The molecule has 1 atom stereocenters. The number of hydrogen-bond donors (Lipinski definition) is 4. The molecule has 4 N–H and O–H groups in total. The highest BCUT2D eigenvalue weighted by Crippen LogP contribution is 2.37. The second kappa shape index (κ2) is 6.81. The zero-order valence-corrected chi connectivity index (χ0v) is 15.1. The topological polar surface area (TPSA) is 98.2 Å². The number of para-hydroxylation sites is 1. The van der Waals surface area contributed by atoms with Gasteiger partial charge in [0.05, 0.1) is 30.1 Å². The maximum atomic E-state index is 11.2. The van der Waals surface area contributed by atoms with E-state index in [1.807, 2.05) is 25.1 Å². The lowest BCUT2D eigenvalue weighted by Crippen LogP contribution is -2.19. The van der Waals surface area contributed by atoms with E-state index < -0.39 is 6.23 Å². The molecule has 140 valence electrons. The quantitative estimate of drug-likeness (QED) is 0.569. The second-order valence-electron chi connectivity index (χ2n) is 6.81. The van der Waals surface area contributed by atoms with Crippen molar-refractivity contribution < 1.29 is 20.4 Å². The van der Waals surface area contributed by atoms with Gasteiger partial charge in [0.25, 0.3) is 0 Å². The first-order valence-corrected chi connectivity index (χ1v) is 8.94. The SMILES string of the molecule is CC1=NCCc2c1n(C(O)c1cccc(CO)c1O)c1cc(CO)ccc21. The molecule has 1 unspecified atom stereocenters. The van der Waals surface area contributed by atoms with Gasteiger partial charge in [0, 0.05) is 23.1 Å². The molecule has 0 saturated heterocycles. The molecule has 0 radical (unpaired) electrons. The van der Waals surface area contributed by atoms with Crippen molar-refractivity contribution in [2.75, 3.05) is 6.54 Å². The Morgan fingerprint density at radius 2 is 1.96 bits per heavy atom. The van der Waals surface area contributed by atoms with Crippen LogP contribution in [0.4, 0.5) is 0 Å². The zero-order valence-electron chi connectivity index (χ0n) is 15.1. The molecule has 1 aromatic heterocycles. The number of hydrogen-bond acceptors (Lipinski definition) is 5. The average molecular weight is 366 g/mol. The molecular weight excluding hydrogens is 344 g/mol. The summed E-state index contributed by atoms with van der Waals surface area (Å²) in [6, 6.07) is 10.7. The Balaban J connectivity index is 2.01. The molecule has 1 aliphatic heterocycles. The molecule has 27 heavy (non-hydrogen) atoms. The van der Waals surface area contributed by atoms with E-state index in [1.165, 1.54) is 0 Å². The van der Waals surface area contributed by atoms with E-state index in [9.17, 15) is 20.4 Å². The van der Waals surface area contributed by atoms with Gasteiger partial charge < -0.3 is 25.0 Å². The van der Waals surface area contributed by atoms with Crippen molar-refractivity contribution in [1.82, 2.24) is 4.57 Å². The highest BCUT2D eigenvalue weighted by molar-refractivity contribution is 6.05. The fourth-order valence-corrected chi connectivity index (χ4v) is 3.92. The highest BCUT2D eigenvalue weighted by atomic mass is 16.3. The van der Waals surface area contributed by atoms with Crippen LogP contribution in [0.15, 0.2) is 41.4 Å². The average Bonchev–Trinajstić information content (AvgIpc) is 3.02. The molecule has 2 aromatic carbocycles. The Bertz CT molecular complexity index is 1050. The molecule has 6 nitrogen and oxygen atoms in total. The maximum Gasteiger partial charge on any atom is 0.161 e. The first kappa shape index (κ1) is 17.7. The van der Waals surface area contributed by atoms with Crippen molar-refractivity contribution in [2.24, 2.45) is 4.99 Å². The zero-order chi connectivity index (χ0) is 19.1. The minimum absolute atomic E-state index is 0.0970. The molecule has 0 spiro atoms. The van der Waals surface area contributed by atoms with Gasteiger partial charge in [-0.15, -0.1) is 0 Å². The van der Waals surface area contributed by atoms with Crippen LogP contribution in [-0.4, -0.2) is 37.2 Å². The molecule has 4 rings (SSSR count). The molecular formula is C21H22N2O4. The van der Waals surface area contributed by atoms with Gasteiger partial charge >= 0.3 is 0 Å². The van der Waals surface area contributed by atoms with E-state index in [1.54, 1.807) is 22.8 Å². The summed E-state index contributed by atoms with van der Waals surface area (Å²) < 4.78 is 1.76. The summed E-state index contributed by atoms with van der Waals surface area (Å²) in [7, 11) is 0. The van der Waals surface area contributed by atoms with Crippen LogP contribution >= 0.6 is 0 Å². The largest absolute Gasteiger partial charge is 0.507 e. The number of phenols is 1. The summed E-state index contributed by atoms with van der Waals surface area (Å²) in [5, 5.41) is 41.7. The molecule has 6 heteroatoms. The summed E-state index contributed by atoms with van der Waals surface area (Å²) >= 11 is 0. The van der Waals surface area contributed by atoms with Crippen molar-refractivity contribution >= 4 is 16.6 Å². The number of benzene rings is 2. The molecule has 2 heterocycles. The predicted molar refractivity (Wildman–Crippen MR) is 103 cm³/mol. The van der Waals surface area contributed by atoms with E-state index in [2.05, 4.69) is 4.99 Å². The lowest BCUT2D eigenvalue weighted by atomic mass is 10.0. The molecule has 0 amide bonds. The fourth-order valence-electron chi connectivity index (χ4n) is 3.92. The second-order valence-corrected chi connectivity index (χ2v) is 6.81. The lowest BCUT2D eigenvalue weighted by Gasteiger charge is -2.22. The van der Waals surface area contributed by atoms with Crippen molar-refractivity contribution in [3.05, 3.63) is 64.3 Å². The van der Waals surface area contributed by atoms with Gasteiger partial charge in [0.2, 0.25) is 0 Å². The van der Waals surface area contributed by atoms with Gasteiger partial charge in [-0.2, -0.15) is 0 Å². The third-order valence-corrected chi connectivity index (χ3v) is 5.25. The number of aliphatic imine (C=N–C) groups is 1. The minimum Gasteiger partial charge on any atom is -0.507 e. The van der Waals surface area contributed by atoms with Gasteiger partial charge in [0.1, 0.15) is 5.75 Å². The van der Waals surface area contributed by atoms with Crippen molar-refractivity contribution in [3.8, 4) is 5.75 Å². The predicted octanol–water partition coefficient (Wildman–Crippen LogP) is 2.24. The van der Waals surface area contributed by atoms with Crippen LogP contribution in [0.5, 0.6) is 5.75 Å². The van der Waals surface area contributed by atoms with Crippen LogP contribution in [0.1, 0.15) is 41.1 Å². The highest BCUT2D eigenvalue weighted by Gasteiger charge is 2.27. The Labute approximate surface area is 156 Å². The van der Waals surface area contributed by atoms with Gasteiger partial charge in [-0.25, -0.2) is 0 Å². The van der Waals surface area contributed by atoms with Gasteiger partial charge in [-0.05, 0) is 30.5 Å². The summed E-state index contributed by atoms with van der Waals surface area (Å²) in [6.45, 7) is 2.20. The van der Waals surface area contributed by atoms with E-state index in [0.29, 0.717) is 17.7 Å². The monoisotopic (exact) mass is 366 g/mol. The maximum absolute atomic E-state index is 11.2. The number of aromatic nitrogens is 1. The van der Waals surface area contributed by atoms with Crippen molar-refractivity contribution in [3.63, 3.8) is 0 Å². The number of fused-ring (bicyclic) bond motifs is 3. The third kappa shape index (κ3) is 2.73. The number of nitrogens with zero attached hydrogens (tertiary/aromatic N) is 2. The van der Waals surface area contributed by atoms with E-state index in [0.717, 1.165) is 39.9 Å². The van der Waals surface area contributed by atoms with E-state index in [4.69, 9.17) is 0 Å². The third-order valence-electron chi connectivity index (χ3n) is 5.25. The van der Waals surface area contributed by atoms with Gasteiger partial charge in [0.15, 0.2) is 6.23 Å². The number of aliphatic hydroxyl groups is 3. The molecule has 1 aliphatic rings. The summed E-state index contributed by atoms with van der Waals surface area (Å²) in [5.41, 5.74) is 4.98. The molecule has 0 bridgehead atoms. The molecule has 0 aliphatic carbocycles. The van der Waals surface area contributed by atoms with Crippen LogP contribution in [0.2, 0.25) is 0 Å². The number of aromatic hydroxyl groups is 1. The van der Waals surface area contributed by atoms with E-state index in [-0.39, 0.29) is 19.0 Å². The number of rotatable bonds is 4. The lowest BCUT2D eigenvalue weighted by molar-refractivity contribution is 0.146. The standard InChI is InChI=1S/C21H22N2O4/c1-12-19-16(7-8-22-12)15-6-5-13(10-24)9-18(15)23(19)21(27)17-4-2-3-14(11-25)20(17)26/h2-6,9,21,24-27H,7-8,10-11H2,1H3. The normalized spacial score (nSPS) is 14.9. The first-order valence-electron chi connectivity index (χ1n) is 8.94. The van der Waals surface area contributed by atoms with Crippen LogP contribution < -0.4 is 0 Å². The first-order chi connectivity index (χ1) is 13.1. The fraction of sp³-hybridized carbons (Fsp3) is 0.286. The molecule has 3 aromatic rings. The molecule has 0 saturated carbocycles. The van der Waals surface area contributed by atoms with Gasteiger partial charge in [-0.1, -0.05) is 30.3 Å². The summed E-state index contributed by atoms with van der Waals surface area (Å²) in [5.74, 6) is -0.119. The van der Waals surface area contributed by atoms with Crippen LogP contribution in [0.3, 0.4) is 0 Å². The summed E-state index contributed by atoms with van der Waals surface area (Å²) in [4.78, 5) is 4.53. The van der Waals surface area contributed by atoms with Crippen LogP contribution in [0.25, 0.3) is 10.9 Å². The Kier molecular flexibility index (Phi) is 4.47. The van der Waals surface area contributed by atoms with Crippen LogP contribution in [-0.2, 0) is 19.6 Å². The van der Waals surface area contributed by atoms with E-state index >= 15 is 0 Å². The Morgan fingerprint density at radius 3 is 2.70 bits per heavy atom. The number of aliphatic hydroxyl groups excluding tert-OH is 3. The van der Waals surface area contributed by atoms with Crippen molar-refractivity contribution in [2.45, 2.75) is 32.8 Å². The minimum atomic E-state index is -1.15. The Hall–Kier alpha value is -2.67. The smallest absolute Gasteiger partial charge is 0.161 e. The Morgan fingerprint density at radius 1 is 1.15 bits per heavy atom. The van der Waals surface area contributed by atoms with Crippen LogP contribution in [0, 0.1) is 0 Å².